The van der Waals surface area contributed by atoms with Crippen LogP contribution in [0.1, 0.15) is 5.69 Å². The molecule has 11 heteroatoms. The van der Waals surface area contributed by atoms with E-state index in [2.05, 4.69) is 47.2 Å². The number of piperazine rings is 1. The molecule has 11 nitrogen and oxygen atoms in total. The average Bonchev–Trinajstić information content (AvgIpc) is 3.34. The number of fused-ring (bicyclic) bond motifs is 1. The first-order valence-electron chi connectivity index (χ1n) is 9.35. The third-order valence-corrected chi connectivity index (χ3v) is 5.14. The predicted molar refractivity (Wildman–Crippen MR) is 106 cm³/mol. The second-order valence-electron chi connectivity index (χ2n) is 7.13. The van der Waals surface area contributed by atoms with Crippen molar-refractivity contribution in [3.63, 3.8) is 0 Å². The van der Waals surface area contributed by atoms with E-state index in [1.165, 1.54) is 21.6 Å². The summed E-state index contributed by atoms with van der Waals surface area (Å²) in [5.74, 6) is 1.17. The molecular formula is C18H20N10O. The Hall–Kier alpha value is -3.60. The second-order valence-corrected chi connectivity index (χ2v) is 7.13. The van der Waals surface area contributed by atoms with Gasteiger partial charge in [0.1, 0.15) is 6.33 Å². The molecule has 5 heterocycles. The van der Waals surface area contributed by atoms with Gasteiger partial charge in [0.15, 0.2) is 11.5 Å². The predicted octanol–water partition coefficient (Wildman–Crippen LogP) is 0.121. The van der Waals surface area contributed by atoms with E-state index in [0.29, 0.717) is 17.2 Å². The highest BCUT2D eigenvalue weighted by molar-refractivity contribution is 5.61. The Bertz CT molecular complexity index is 1230. The fourth-order valence-corrected chi connectivity index (χ4v) is 3.42. The largest absolute Gasteiger partial charge is 0.338 e. The molecule has 0 aromatic carbocycles. The number of hydrogen-bond donors (Lipinski definition) is 1. The zero-order chi connectivity index (χ0) is 20.0. The lowest BCUT2D eigenvalue weighted by atomic mass is 10.2. The summed E-state index contributed by atoms with van der Waals surface area (Å²) >= 11 is 0. The minimum Gasteiger partial charge on any atom is -0.338 e. The minimum atomic E-state index is -0.220. The number of nitrogens with one attached hydrogen (secondary N) is 1. The zero-order valence-electron chi connectivity index (χ0n) is 16.1. The van der Waals surface area contributed by atoms with Crippen molar-refractivity contribution in [1.82, 2.24) is 44.5 Å². The Labute approximate surface area is 165 Å². The molecule has 0 spiro atoms. The van der Waals surface area contributed by atoms with Gasteiger partial charge >= 0.3 is 0 Å². The molecule has 0 aliphatic carbocycles. The SMILES string of the molecule is Cc1nc(N2CCN(C)CC2)ncc1-c1cc(=O)n(-c2ccc3nncn3n2)[nH]1. The van der Waals surface area contributed by atoms with Crippen molar-refractivity contribution in [1.29, 1.82) is 0 Å². The van der Waals surface area contributed by atoms with Gasteiger partial charge in [-0.2, -0.15) is 9.20 Å². The summed E-state index contributed by atoms with van der Waals surface area (Å²) in [5, 5.41) is 15.2. The molecule has 29 heavy (non-hydrogen) atoms. The van der Waals surface area contributed by atoms with E-state index in [1.807, 2.05) is 6.92 Å². The van der Waals surface area contributed by atoms with Crippen molar-refractivity contribution in [3.8, 4) is 17.1 Å². The van der Waals surface area contributed by atoms with Gasteiger partial charge < -0.3 is 9.80 Å². The number of likely N-dealkylation sites (N-methyl/N-ethyl adjacent to an activating group) is 1. The molecule has 0 radical (unpaired) electrons. The fourth-order valence-electron chi connectivity index (χ4n) is 3.42. The first kappa shape index (κ1) is 17.5. The first-order chi connectivity index (χ1) is 14.1. The van der Waals surface area contributed by atoms with Crippen molar-refractivity contribution in [2.24, 2.45) is 0 Å². The summed E-state index contributed by atoms with van der Waals surface area (Å²) in [6, 6.07) is 4.99. The normalized spacial score (nSPS) is 15.3. The van der Waals surface area contributed by atoms with E-state index in [0.717, 1.165) is 43.4 Å². The molecule has 0 amide bonds. The molecule has 1 aliphatic rings. The van der Waals surface area contributed by atoms with Crippen LogP contribution in [0.4, 0.5) is 5.95 Å². The van der Waals surface area contributed by atoms with E-state index < -0.39 is 0 Å². The van der Waals surface area contributed by atoms with Gasteiger partial charge in [-0.25, -0.2) is 9.97 Å². The van der Waals surface area contributed by atoms with Gasteiger partial charge in [-0.1, -0.05) is 0 Å². The van der Waals surface area contributed by atoms with Crippen LogP contribution >= 0.6 is 0 Å². The molecule has 0 unspecified atom stereocenters. The summed E-state index contributed by atoms with van der Waals surface area (Å²) in [7, 11) is 2.11. The summed E-state index contributed by atoms with van der Waals surface area (Å²) < 4.78 is 2.89. The van der Waals surface area contributed by atoms with Gasteiger partial charge in [-0.15, -0.1) is 15.3 Å². The highest BCUT2D eigenvalue weighted by atomic mass is 16.1. The third kappa shape index (κ3) is 3.14. The Morgan fingerprint density at radius 2 is 1.97 bits per heavy atom. The molecule has 5 rings (SSSR count). The number of aromatic amines is 1. The summed E-state index contributed by atoms with van der Waals surface area (Å²) in [6.07, 6.45) is 3.25. The summed E-state index contributed by atoms with van der Waals surface area (Å²) in [6.45, 7) is 5.71. The van der Waals surface area contributed by atoms with Gasteiger partial charge in [0.2, 0.25) is 5.95 Å². The number of hydrogen-bond acceptors (Lipinski definition) is 8. The maximum atomic E-state index is 12.5. The van der Waals surface area contributed by atoms with Crippen molar-refractivity contribution < 1.29 is 0 Å². The standard InChI is InChI=1S/C18H20N10O/c1-12-13(10-19-18(21-12)26-7-5-25(2)6-8-26)14-9-17(29)28(23-14)16-4-3-15-22-20-11-27(15)24-16/h3-4,9-11,23H,5-8H2,1-2H3. The van der Waals surface area contributed by atoms with Gasteiger partial charge in [0.25, 0.3) is 5.56 Å². The molecule has 0 atom stereocenters. The van der Waals surface area contributed by atoms with Crippen LogP contribution in [0.3, 0.4) is 0 Å². The van der Waals surface area contributed by atoms with E-state index in [9.17, 15) is 4.79 Å². The maximum Gasteiger partial charge on any atom is 0.273 e. The average molecular weight is 392 g/mol. The molecule has 1 fully saturated rings. The van der Waals surface area contributed by atoms with E-state index in [4.69, 9.17) is 0 Å². The van der Waals surface area contributed by atoms with E-state index >= 15 is 0 Å². The van der Waals surface area contributed by atoms with Gasteiger partial charge in [0, 0.05) is 44.0 Å². The van der Waals surface area contributed by atoms with Crippen LogP contribution in [-0.2, 0) is 0 Å². The van der Waals surface area contributed by atoms with Crippen molar-refractivity contribution in [2.75, 3.05) is 38.1 Å². The second kappa shape index (κ2) is 6.78. The number of anilines is 1. The molecular weight excluding hydrogens is 372 g/mol. The minimum absolute atomic E-state index is 0.220. The molecule has 0 saturated carbocycles. The van der Waals surface area contributed by atoms with Crippen LogP contribution < -0.4 is 10.5 Å². The lowest BCUT2D eigenvalue weighted by molar-refractivity contribution is 0.311. The first-order valence-corrected chi connectivity index (χ1v) is 9.35. The Morgan fingerprint density at radius 1 is 1.14 bits per heavy atom. The molecule has 4 aromatic rings. The number of rotatable bonds is 3. The molecule has 148 valence electrons. The smallest absolute Gasteiger partial charge is 0.273 e. The van der Waals surface area contributed by atoms with Crippen LogP contribution in [0, 0.1) is 6.92 Å². The Kier molecular flexibility index (Phi) is 4.09. The maximum absolute atomic E-state index is 12.5. The van der Waals surface area contributed by atoms with Gasteiger partial charge in [0.05, 0.1) is 11.4 Å². The monoisotopic (exact) mass is 392 g/mol. The summed E-state index contributed by atoms with van der Waals surface area (Å²) in [4.78, 5) is 26.2. The summed E-state index contributed by atoms with van der Waals surface area (Å²) in [5.41, 5.74) is 2.62. The quantitative estimate of drug-likeness (QED) is 0.523. The molecule has 1 saturated heterocycles. The van der Waals surface area contributed by atoms with Gasteiger partial charge in [-0.3, -0.25) is 9.89 Å². The van der Waals surface area contributed by atoms with Crippen molar-refractivity contribution in [3.05, 3.63) is 46.8 Å². The third-order valence-electron chi connectivity index (χ3n) is 5.14. The van der Waals surface area contributed by atoms with Crippen molar-refractivity contribution in [2.45, 2.75) is 6.92 Å². The van der Waals surface area contributed by atoms with Crippen LogP contribution in [0.2, 0.25) is 0 Å². The Balaban J connectivity index is 1.47. The number of H-pyrrole nitrogens is 1. The molecule has 1 aliphatic heterocycles. The lowest BCUT2D eigenvalue weighted by Gasteiger charge is -2.32. The number of nitrogens with zero attached hydrogens (tertiary/aromatic N) is 9. The van der Waals surface area contributed by atoms with Crippen LogP contribution in [0.5, 0.6) is 0 Å². The van der Waals surface area contributed by atoms with Crippen LogP contribution in [-0.4, -0.2) is 77.7 Å². The number of aromatic nitrogens is 8. The van der Waals surface area contributed by atoms with Crippen molar-refractivity contribution >= 4 is 11.6 Å². The van der Waals surface area contributed by atoms with E-state index in [-0.39, 0.29) is 5.56 Å². The molecule has 0 bridgehead atoms. The van der Waals surface area contributed by atoms with Crippen LogP contribution in [0.25, 0.3) is 22.7 Å². The topological polar surface area (TPSA) is 113 Å². The molecule has 1 N–H and O–H groups in total. The van der Waals surface area contributed by atoms with Gasteiger partial charge in [-0.05, 0) is 26.1 Å². The van der Waals surface area contributed by atoms with E-state index in [1.54, 1.807) is 18.3 Å². The highest BCUT2D eigenvalue weighted by Gasteiger charge is 2.18. The molecule has 4 aromatic heterocycles. The zero-order valence-corrected chi connectivity index (χ0v) is 16.1. The number of aryl methyl sites for hydroxylation is 1. The Morgan fingerprint density at radius 3 is 2.76 bits per heavy atom. The lowest BCUT2D eigenvalue weighted by Crippen LogP contribution is -2.45. The van der Waals surface area contributed by atoms with Crippen LogP contribution in [0.15, 0.2) is 35.5 Å². The highest BCUT2D eigenvalue weighted by Crippen LogP contribution is 2.21. The fraction of sp³-hybridized carbons (Fsp3) is 0.333.